The minimum absolute atomic E-state index is 0. The van der Waals surface area contributed by atoms with Crippen LogP contribution in [0.25, 0.3) is 11.5 Å². The summed E-state index contributed by atoms with van der Waals surface area (Å²) in [6.45, 7) is 5.71. The molecule has 1 aliphatic rings. The predicted molar refractivity (Wildman–Crippen MR) is 108 cm³/mol. The van der Waals surface area contributed by atoms with E-state index in [-0.39, 0.29) is 41.9 Å². The molecule has 29 heavy (non-hydrogen) atoms. The lowest BCUT2D eigenvalue weighted by Crippen LogP contribution is -2.60. The molecule has 1 aromatic heterocycles. The fourth-order valence-corrected chi connectivity index (χ4v) is 3.98. The van der Waals surface area contributed by atoms with E-state index in [9.17, 15) is 14.7 Å². The van der Waals surface area contributed by atoms with Gasteiger partial charge in [0, 0.05) is 30.2 Å². The maximum Gasteiger partial charge on any atom is 0.315 e. The topological polar surface area (TPSA) is 125 Å². The predicted octanol–water partition coefficient (Wildman–Crippen LogP) is 1.60. The third-order valence-electron chi connectivity index (χ3n) is 5.84. The average molecular weight is 424 g/mol. The zero-order chi connectivity index (χ0) is 20.6. The molecule has 0 spiro atoms. The molecule has 3 atom stereocenters. The maximum atomic E-state index is 12.5. The Morgan fingerprint density at radius 3 is 2.62 bits per heavy atom. The number of rotatable bonds is 4. The summed E-state index contributed by atoms with van der Waals surface area (Å²) >= 11 is 0. The number of nitrogens with zero attached hydrogens (tertiary/aromatic N) is 4. The van der Waals surface area contributed by atoms with E-state index >= 15 is 0 Å². The summed E-state index contributed by atoms with van der Waals surface area (Å²) in [5.41, 5.74) is 7.70. The van der Waals surface area contributed by atoms with Gasteiger partial charge in [-0.3, -0.25) is 0 Å². The van der Waals surface area contributed by atoms with E-state index < -0.39 is 12.1 Å². The van der Waals surface area contributed by atoms with Crippen LogP contribution in [0, 0.1) is 0 Å². The molecule has 0 radical (unpaired) electrons. The van der Waals surface area contributed by atoms with E-state index in [0.717, 1.165) is 11.3 Å². The molecule has 10 heteroatoms. The lowest BCUT2D eigenvalue weighted by atomic mass is 9.87. The minimum atomic E-state index is -1.24. The molecule has 158 valence electrons. The van der Waals surface area contributed by atoms with Crippen LogP contribution in [0.3, 0.4) is 0 Å². The van der Waals surface area contributed by atoms with Crippen LogP contribution in [-0.4, -0.2) is 46.7 Å². The molecule has 0 saturated heterocycles. The van der Waals surface area contributed by atoms with Gasteiger partial charge >= 0.3 is 5.91 Å². The smallest absolute Gasteiger partial charge is 0.315 e. The number of hydrogen-bond donors (Lipinski definition) is 1. The summed E-state index contributed by atoms with van der Waals surface area (Å²) in [5, 5.41) is 15.5. The molecule has 9 nitrogen and oxygen atoms in total. The van der Waals surface area contributed by atoms with Gasteiger partial charge in [-0.05, 0) is 26.0 Å². The number of hydrogen-bond acceptors (Lipinski definition) is 7. The first kappa shape index (κ1) is 22.8. The Labute approximate surface area is 175 Å². The van der Waals surface area contributed by atoms with Gasteiger partial charge < -0.3 is 25.1 Å². The van der Waals surface area contributed by atoms with Crippen molar-refractivity contribution in [2.75, 3.05) is 13.6 Å². The average Bonchev–Trinajstić information content (AvgIpc) is 3.14. The van der Waals surface area contributed by atoms with Crippen LogP contribution in [0.1, 0.15) is 44.6 Å². The van der Waals surface area contributed by atoms with Crippen LogP contribution in [0.5, 0.6) is 0 Å². The van der Waals surface area contributed by atoms with Gasteiger partial charge in [0.15, 0.2) is 5.82 Å². The number of quaternary nitrogens is 1. The molecule has 0 saturated carbocycles. The SMILES string of the molecule is CCN(C(=O)[O-])[C@@H]1C[C@H](C)[N+](C)(C(C)=O)c2ccc(-c3nc(CN)no3)cc21.Cl. The lowest BCUT2D eigenvalue weighted by Gasteiger charge is -2.46. The van der Waals surface area contributed by atoms with Crippen LogP contribution in [-0.2, 0) is 11.3 Å². The first-order valence-electron chi connectivity index (χ1n) is 9.26. The number of carbonyl (C=O) groups is 2. The number of aromatic nitrogens is 2. The minimum Gasteiger partial charge on any atom is -0.530 e. The molecule has 2 amide bonds. The van der Waals surface area contributed by atoms with Crippen molar-refractivity contribution < 1.29 is 19.2 Å². The van der Waals surface area contributed by atoms with Crippen molar-refractivity contribution in [1.82, 2.24) is 19.5 Å². The molecule has 2 N–H and O–H groups in total. The molecular weight excluding hydrogens is 398 g/mol. The number of carboxylic acid groups (broad SMARTS) is 1. The molecule has 3 rings (SSSR count). The zero-order valence-corrected chi connectivity index (χ0v) is 17.7. The van der Waals surface area contributed by atoms with Gasteiger partial charge in [-0.25, -0.2) is 9.28 Å². The second-order valence-corrected chi connectivity index (χ2v) is 7.24. The van der Waals surface area contributed by atoms with Crippen LogP contribution in [0.15, 0.2) is 22.7 Å². The molecular formula is C19H26ClN5O4. The van der Waals surface area contributed by atoms with Crippen molar-refractivity contribution in [2.24, 2.45) is 5.73 Å². The molecule has 2 aromatic rings. The van der Waals surface area contributed by atoms with Crippen LogP contribution >= 0.6 is 12.4 Å². The van der Waals surface area contributed by atoms with Crippen molar-refractivity contribution in [3.63, 3.8) is 0 Å². The second kappa shape index (κ2) is 8.48. The summed E-state index contributed by atoms with van der Waals surface area (Å²) in [6, 6.07) is 4.94. The highest BCUT2D eigenvalue weighted by atomic mass is 35.5. The highest BCUT2D eigenvalue weighted by molar-refractivity contribution is 5.89. The van der Waals surface area contributed by atoms with E-state index in [2.05, 4.69) is 10.1 Å². The van der Waals surface area contributed by atoms with Gasteiger partial charge in [-0.15, -0.1) is 12.4 Å². The Hall–Kier alpha value is -2.49. The quantitative estimate of drug-likeness (QED) is 0.740. The van der Waals surface area contributed by atoms with Crippen molar-refractivity contribution in [1.29, 1.82) is 0 Å². The Kier molecular flexibility index (Phi) is 6.67. The number of halogens is 1. The van der Waals surface area contributed by atoms with Crippen molar-refractivity contribution in [3.8, 4) is 11.5 Å². The fraction of sp³-hybridized carbons (Fsp3) is 0.474. The number of fused-ring (bicyclic) bond motifs is 1. The largest absolute Gasteiger partial charge is 0.530 e. The first-order chi connectivity index (χ1) is 13.2. The number of carbonyl (C=O) groups excluding carboxylic acids is 2. The summed E-state index contributed by atoms with van der Waals surface area (Å²) in [5.74, 6) is 0.668. The maximum absolute atomic E-state index is 12.5. The number of nitrogens with two attached hydrogens (primary N) is 1. The molecule has 1 aromatic carbocycles. The fourth-order valence-electron chi connectivity index (χ4n) is 3.98. The molecule has 1 unspecified atom stereocenters. The number of amides is 2. The normalized spacial score (nSPS) is 23.1. The Balaban J connectivity index is 0.00000300. The van der Waals surface area contributed by atoms with Crippen LogP contribution < -0.4 is 15.3 Å². The summed E-state index contributed by atoms with van der Waals surface area (Å²) in [6.07, 6.45) is -0.745. The van der Waals surface area contributed by atoms with Gasteiger partial charge in [-0.1, -0.05) is 5.16 Å². The molecule has 0 bridgehead atoms. The monoisotopic (exact) mass is 423 g/mol. The van der Waals surface area contributed by atoms with E-state index in [4.69, 9.17) is 10.3 Å². The van der Waals surface area contributed by atoms with E-state index in [1.807, 2.05) is 26.1 Å². The Morgan fingerprint density at radius 2 is 2.10 bits per heavy atom. The molecule has 2 heterocycles. The Morgan fingerprint density at radius 1 is 1.41 bits per heavy atom. The van der Waals surface area contributed by atoms with E-state index in [1.165, 1.54) is 4.90 Å². The van der Waals surface area contributed by atoms with Gasteiger partial charge in [0.05, 0.1) is 32.6 Å². The van der Waals surface area contributed by atoms with Crippen molar-refractivity contribution in [3.05, 3.63) is 29.6 Å². The van der Waals surface area contributed by atoms with Crippen LogP contribution in [0.2, 0.25) is 0 Å². The molecule has 0 fully saturated rings. The van der Waals surface area contributed by atoms with Crippen molar-refractivity contribution >= 4 is 30.1 Å². The highest BCUT2D eigenvalue weighted by Crippen LogP contribution is 2.45. The summed E-state index contributed by atoms with van der Waals surface area (Å²) in [7, 11) is 1.86. The summed E-state index contributed by atoms with van der Waals surface area (Å²) < 4.78 is 5.36. The van der Waals surface area contributed by atoms with E-state index in [1.54, 1.807) is 19.9 Å². The number of benzene rings is 1. The van der Waals surface area contributed by atoms with Gasteiger partial charge in [0.2, 0.25) is 0 Å². The third kappa shape index (κ3) is 3.73. The zero-order valence-electron chi connectivity index (χ0n) is 16.9. The van der Waals surface area contributed by atoms with Crippen LogP contribution in [0.4, 0.5) is 10.5 Å². The molecule has 0 aliphatic carbocycles. The van der Waals surface area contributed by atoms with Crippen molar-refractivity contribution in [2.45, 2.75) is 45.8 Å². The lowest BCUT2D eigenvalue weighted by molar-refractivity contribution is -0.268. The van der Waals surface area contributed by atoms with Gasteiger partial charge in [0.1, 0.15) is 11.8 Å². The first-order valence-corrected chi connectivity index (χ1v) is 9.26. The van der Waals surface area contributed by atoms with Gasteiger partial charge in [-0.2, -0.15) is 4.98 Å². The highest BCUT2D eigenvalue weighted by Gasteiger charge is 2.47. The standard InChI is InChI=1S/C19H25N5O4.ClH/c1-5-23(19(26)27)15-8-11(2)24(4,12(3)25)16-7-6-13(9-14(15)16)18-21-17(10-20)22-28-18;/h6-7,9,11,15H,5,8,10,20H2,1-4H3;1H/t11-,15+,24?;/m0./s1. The Bertz CT molecular complexity index is 918. The second-order valence-electron chi connectivity index (χ2n) is 7.24. The molecule has 1 aliphatic heterocycles. The summed E-state index contributed by atoms with van der Waals surface area (Å²) in [4.78, 5) is 29.8. The third-order valence-corrected chi connectivity index (χ3v) is 5.84. The van der Waals surface area contributed by atoms with E-state index in [0.29, 0.717) is 23.7 Å². The van der Waals surface area contributed by atoms with Gasteiger partial charge in [0.25, 0.3) is 5.89 Å².